The SMILES string of the molecule is CCC1CCC2(CC1)NC(=O)N(Cc1cc3c(cc1Br)OCCO3)C2=O. The van der Waals surface area contributed by atoms with Gasteiger partial charge in [-0.25, -0.2) is 4.79 Å². The maximum Gasteiger partial charge on any atom is 0.325 e. The van der Waals surface area contributed by atoms with Crippen molar-refractivity contribution < 1.29 is 19.1 Å². The molecule has 1 saturated carbocycles. The summed E-state index contributed by atoms with van der Waals surface area (Å²) in [6, 6.07) is 3.38. The molecule has 26 heavy (non-hydrogen) atoms. The molecule has 1 spiro atoms. The Balaban J connectivity index is 1.54. The van der Waals surface area contributed by atoms with Crippen LogP contribution in [0.15, 0.2) is 16.6 Å². The molecule has 6 nitrogen and oxygen atoms in total. The largest absolute Gasteiger partial charge is 0.486 e. The molecule has 4 rings (SSSR count). The number of nitrogens with one attached hydrogen (secondary N) is 1. The fourth-order valence-corrected chi connectivity index (χ4v) is 4.58. The first-order valence-electron chi connectivity index (χ1n) is 9.24. The maximum atomic E-state index is 13.1. The van der Waals surface area contributed by atoms with Crippen LogP contribution >= 0.6 is 15.9 Å². The number of carbonyl (C=O) groups excluding carboxylic acids is 2. The lowest BCUT2D eigenvalue weighted by Crippen LogP contribution is -2.49. The van der Waals surface area contributed by atoms with E-state index in [1.165, 1.54) is 4.90 Å². The van der Waals surface area contributed by atoms with Crippen molar-refractivity contribution in [3.05, 3.63) is 22.2 Å². The number of ether oxygens (including phenoxy) is 2. The molecule has 1 saturated heterocycles. The van der Waals surface area contributed by atoms with E-state index >= 15 is 0 Å². The first kappa shape index (κ1) is 17.6. The number of benzene rings is 1. The van der Waals surface area contributed by atoms with Gasteiger partial charge in [-0.1, -0.05) is 29.3 Å². The van der Waals surface area contributed by atoms with Crippen molar-refractivity contribution >= 4 is 27.9 Å². The molecular weight excluding hydrogens is 400 g/mol. The van der Waals surface area contributed by atoms with Gasteiger partial charge in [0.15, 0.2) is 11.5 Å². The van der Waals surface area contributed by atoms with E-state index in [-0.39, 0.29) is 18.5 Å². The number of fused-ring (bicyclic) bond motifs is 1. The minimum absolute atomic E-state index is 0.0983. The van der Waals surface area contributed by atoms with Crippen LogP contribution < -0.4 is 14.8 Å². The van der Waals surface area contributed by atoms with Crippen LogP contribution in [0.4, 0.5) is 4.79 Å². The quantitative estimate of drug-likeness (QED) is 0.755. The fourth-order valence-electron chi connectivity index (χ4n) is 4.13. The number of carbonyl (C=O) groups is 2. The summed E-state index contributed by atoms with van der Waals surface area (Å²) in [7, 11) is 0. The maximum absolute atomic E-state index is 13.1. The van der Waals surface area contributed by atoms with E-state index in [0.717, 1.165) is 42.1 Å². The molecule has 3 amide bonds. The number of amides is 3. The number of hydrogen-bond donors (Lipinski definition) is 1. The van der Waals surface area contributed by atoms with Crippen LogP contribution in [0.1, 0.15) is 44.6 Å². The first-order chi connectivity index (χ1) is 12.5. The highest BCUT2D eigenvalue weighted by molar-refractivity contribution is 9.10. The molecule has 1 aromatic rings. The number of halogens is 1. The Bertz CT molecular complexity index is 743. The average molecular weight is 423 g/mol. The van der Waals surface area contributed by atoms with Crippen molar-refractivity contribution in [3.63, 3.8) is 0 Å². The van der Waals surface area contributed by atoms with Gasteiger partial charge in [0.1, 0.15) is 18.8 Å². The van der Waals surface area contributed by atoms with E-state index in [9.17, 15) is 9.59 Å². The zero-order valence-corrected chi connectivity index (χ0v) is 16.4. The standard InChI is InChI=1S/C19H23BrN2O4/c1-2-12-3-5-19(6-4-12)17(23)22(18(24)21-19)11-13-9-15-16(10-14(13)20)26-8-7-25-15/h9-10,12H,2-8,11H2,1H3,(H,21,24). The summed E-state index contributed by atoms with van der Waals surface area (Å²) < 4.78 is 12.0. The van der Waals surface area contributed by atoms with Crippen molar-refractivity contribution in [2.75, 3.05) is 13.2 Å². The molecule has 0 radical (unpaired) electrons. The molecule has 1 aliphatic carbocycles. The Morgan fingerprint density at radius 1 is 1.19 bits per heavy atom. The molecular formula is C19H23BrN2O4. The van der Waals surface area contributed by atoms with Gasteiger partial charge < -0.3 is 14.8 Å². The smallest absolute Gasteiger partial charge is 0.325 e. The van der Waals surface area contributed by atoms with Crippen molar-refractivity contribution in [1.82, 2.24) is 10.2 Å². The van der Waals surface area contributed by atoms with Gasteiger partial charge in [0.2, 0.25) is 0 Å². The molecule has 7 heteroatoms. The van der Waals surface area contributed by atoms with Crippen molar-refractivity contribution in [1.29, 1.82) is 0 Å². The van der Waals surface area contributed by atoms with Crippen molar-refractivity contribution in [2.24, 2.45) is 5.92 Å². The van der Waals surface area contributed by atoms with E-state index < -0.39 is 5.54 Å². The number of nitrogens with zero attached hydrogens (tertiary/aromatic N) is 1. The van der Waals surface area contributed by atoms with E-state index in [2.05, 4.69) is 28.2 Å². The first-order valence-corrected chi connectivity index (χ1v) is 10.0. The summed E-state index contributed by atoms with van der Waals surface area (Å²) in [5, 5.41) is 2.98. The van der Waals surface area contributed by atoms with Gasteiger partial charge in [0, 0.05) is 4.47 Å². The minimum atomic E-state index is -0.705. The average Bonchev–Trinajstić information content (AvgIpc) is 2.87. The molecule has 1 N–H and O–H groups in total. The molecule has 2 aliphatic heterocycles. The summed E-state index contributed by atoms with van der Waals surface area (Å²) in [5.41, 5.74) is 0.125. The van der Waals surface area contributed by atoms with Gasteiger partial charge in [0.05, 0.1) is 6.54 Å². The van der Waals surface area contributed by atoms with Gasteiger partial charge in [0.25, 0.3) is 5.91 Å². The summed E-state index contributed by atoms with van der Waals surface area (Å²) in [6.07, 6.45) is 4.57. The van der Waals surface area contributed by atoms with Crippen LogP contribution in [0.5, 0.6) is 11.5 Å². The normalized spacial score (nSPS) is 27.8. The third-order valence-electron chi connectivity index (χ3n) is 5.82. The lowest BCUT2D eigenvalue weighted by atomic mass is 9.75. The van der Waals surface area contributed by atoms with Crippen molar-refractivity contribution in [2.45, 2.75) is 51.1 Å². The highest BCUT2D eigenvalue weighted by Crippen LogP contribution is 2.40. The number of urea groups is 1. The Labute approximate surface area is 161 Å². The summed E-state index contributed by atoms with van der Waals surface area (Å²) in [4.78, 5) is 26.9. The molecule has 0 unspecified atom stereocenters. The van der Waals surface area contributed by atoms with Gasteiger partial charge in [-0.15, -0.1) is 0 Å². The summed E-state index contributed by atoms with van der Waals surface area (Å²) in [5.74, 6) is 1.89. The molecule has 0 aromatic heterocycles. The van der Waals surface area contributed by atoms with Crippen LogP contribution in [0.25, 0.3) is 0 Å². The molecule has 3 aliphatic rings. The van der Waals surface area contributed by atoms with E-state index in [1.54, 1.807) is 0 Å². The fraction of sp³-hybridized carbons (Fsp3) is 0.579. The topological polar surface area (TPSA) is 67.9 Å². The third kappa shape index (κ3) is 2.96. The number of rotatable bonds is 3. The predicted molar refractivity (Wildman–Crippen MR) is 99.2 cm³/mol. The zero-order valence-electron chi connectivity index (χ0n) is 14.8. The number of hydrogen-bond acceptors (Lipinski definition) is 4. The van der Waals surface area contributed by atoms with Crippen LogP contribution in [-0.2, 0) is 11.3 Å². The molecule has 0 atom stereocenters. The molecule has 2 heterocycles. The third-order valence-corrected chi connectivity index (χ3v) is 6.56. The van der Waals surface area contributed by atoms with Crippen LogP contribution in [0.3, 0.4) is 0 Å². The summed E-state index contributed by atoms with van der Waals surface area (Å²) in [6.45, 7) is 3.43. The predicted octanol–water partition coefficient (Wildman–Crippen LogP) is 3.61. The van der Waals surface area contributed by atoms with Crippen LogP contribution in [-0.4, -0.2) is 35.6 Å². The lowest BCUT2D eigenvalue weighted by Gasteiger charge is -2.34. The highest BCUT2D eigenvalue weighted by atomic mass is 79.9. The molecule has 0 bridgehead atoms. The van der Waals surface area contributed by atoms with Gasteiger partial charge >= 0.3 is 6.03 Å². The number of imide groups is 1. The van der Waals surface area contributed by atoms with E-state index in [0.29, 0.717) is 30.6 Å². The second-order valence-electron chi connectivity index (χ2n) is 7.34. The van der Waals surface area contributed by atoms with Crippen LogP contribution in [0, 0.1) is 5.92 Å². The molecule has 1 aromatic carbocycles. The van der Waals surface area contributed by atoms with Gasteiger partial charge in [-0.2, -0.15) is 0 Å². The lowest BCUT2D eigenvalue weighted by molar-refractivity contribution is -0.133. The highest BCUT2D eigenvalue weighted by Gasteiger charge is 2.52. The Morgan fingerprint density at radius 3 is 2.50 bits per heavy atom. The second-order valence-corrected chi connectivity index (χ2v) is 8.20. The second kappa shape index (κ2) is 6.76. The molecule has 140 valence electrons. The van der Waals surface area contributed by atoms with E-state index in [4.69, 9.17) is 9.47 Å². The van der Waals surface area contributed by atoms with Crippen LogP contribution in [0.2, 0.25) is 0 Å². The van der Waals surface area contributed by atoms with Gasteiger partial charge in [-0.05, 0) is 49.3 Å². The Morgan fingerprint density at radius 2 is 1.85 bits per heavy atom. The zero-order chi connectivity index (χ0) is 18.3. The summed E-state index contributed by atoms with van der Waals surface area (Å²) >= 11 is 3.52. The Hall–Kier alpha value is -1.76. The van der Waals surface area contributed by atoms with Crippen molar-refractivity contribution in [3.8, 4) is 11.5 Å². The molecule has 2 fully saturated rings. The monoisotopic (exact) mass is 422 g/mol. The minimum Gasteiger partial charge on any atom is -0.486 e. The van der Waals surface area contributed by atoms with Gasteiger partial charge in [-0.3, -0.25) is 9.69 Å². The van der Waals surface area contributed by atoms with E-state index in [1.807, 2.05) is 12.1 Å². The Kier molecular flexibility index (Phi) is 4.59.